The van der Waals surface area contributed by atoms with Crippen molar-refractivity contribution in [2.45, 2.75) is 51.0 Å². The molecule has 1 unspecified atom stereocenters. The number of carbonyl (C=O) groups excluding carboxylic acids is 2. The van der Waals surface area contributed by atoms with E-state index in [-0.39, 0.29) is 23.3 Å². The summed E-state index contributed by atoms with van der Waals surface area (Å²) in [6.45, 7) is 1.82. The summed E-state index contributed by atoms with van der Waals surface area (Å²) in [6.07, 6.45) is 7.80. The molecular formula is C15H23BrN2O2. The van der Waals surface area contributed by atoms with E-state index >= 15 is 0 Å². The van der Waals surface area contributed by atoms with Gasteiger partial charge in [-0.15, -0.1) is 0 Å². The molecule has 20 heavy (non-hydrogen) atoms. The Balaban J connectivity index is 1.73. The molecule has 2 saturated heterocycles. The standard InChI is InChI=1S/C15H23BrN2O2/c16-10-15(6-2-3-7-15)11-17-9-13(19)18-8-4-1-5-12(18)14(17)20/h12H,1-11H2. The van der Waals surface area contributed by atoms with Crippen LogP contribution in [0, 0.1) is 5.41 Å². The van der Waals surface area contributed by atoms with Crippen LogP contribution in [0.3, 0.4) is 0 Å². The maximum absolute atomic E-state index is 12.7. The van der Waals surface area contributed by atoms with Gasteiger partial charge in [-0.1, -0.05) is 28.8 Å². The van der Waals surface area contributed by atoms with E-state index in [1.807, 2.05) is 9.80 Å². The average molecular weight is 343 g/mol. The van der Waals surface area contributed by atoms with Crippen LogP contribution < -0.4 is 0 Å². The fourth-order valence-corrected chi connectivity index (χ4v) is 4.77. The maximum Gasteiger partial charge on any atom is 0.245 e. The first kappa shape index (κ1) is 14.4. The van der Waals surface area contributed by atoms with E-state index in [1.165, 1.54) is 25.7 Å². The number of nitrogens with zero attached hydrogens (tertiary/aromatic N) is 2. The largest absolute Gasteiger partial charge is 0.331 e. The van der Waals surface area contributed by atoms with Gasteiger partial charge in [0.1, 0.15) is 6.04 Å². The highest BCUT2D eigenvalue weighted by Crippen LogP contribution is 2.41. The minimum Gasteiger partial charge on any atom is -0.331 e. The molecule has 0 spiro atoms. The summed E-state index contributed by atoms with van der Waals surface area (Å²) >= 11 is 3.63. The number of fused-ring (bicyclic) bond motifs is 1. The molecule has 2 heterocycles. The summed E-state index contributed by atoms with van der Waals surface area (Å²) in [5.41, 5.74) is 0.201. The van der Waals surface area contributed by atoms with Crippen LogP contribution in [0.1, 0.15) is 44.9 Å². The van der Waals surface area contributed by atoms with Crippen LogP contribution in [-0.2, 0) is 9.59 Å². The quantitative estimate of drug-likeness (QED) is 0.737. The summed E-state index contributed by atoms with van der Waals surface area (Å²) in [4.78, 5) is 28.6. The fourth-order valence-electron chi connectivity index (χ4n) is 4.03. The van der Waals surface area contributed by atoms with E-state index in [9.17, 15) is 9.59 Å². The first-order valence-corrected chi connectivity index (χ1v) is 8.92. The van der Waals surface area contributed by atoms with Gasteiger partial charge in [0, 0.05) is 18.4 Å². The summed E-state index contributed by atoms with van der Waals surface area (Å²) < 4.78 is 0. The molecule has 112 valence electrons. The Morgan fingerprint density at radius 3 is 2.60 bits per heavy atom. The lowest BCUT2D eigenvalue weighted by molar-refractivity contribution is -0.159. The van der Waals surface area contributed by atoms with Crippen molar-refractivity contribution in [1.82, 2.24) is 9.80 Å². The molecule has 3 fully saturated rings. The monoisotopic (exact) mass is 342 g/mol. The Morgan fingerprint density at radius 1 is 1.15 bits per heavy atom. The molecule has 1 atom stereocenters. The molecule has 4 nitrogen and oxygen atoms in total. The van der Waals surface area contributed by atoms with Crippen LogP contribution >= 0.6 is 15.9 Å². The van der Waals surface area contributed by atoms with Gasteiger partial charge in [0.25, 0.3) is 0 Å². The Hall–Kier alpha value is -0.580. The third-order valence-corrected chi connectivity index (χ3v) is 6.41. The molecule has 5 heteroatoms. The van der Waals surface area contributed by atoms with Gasteiger partial charge < -0.3 is 9.80 Å². The summed E-state index contributed by atoms with van der Waals surface area (Å²) in [5, 5.41) is 0.937. The van der Waals surface area contributed by atoms with Crippen molar-refractivity contribution in [2.75, 3.05) is 25.0 Å². The van der Waals surface area contributed by atoms with Gasteiger partial charge >= 0.3 is 0 Å². The Kier molecular flexibility index (Phi) is 4.07. The molecule has 3 aliphatic rings. The number of carbonyl (C=O) groups is 2. The molecule has 0 aromatic carbocycles. The first-order chi connectivity index (χ1) is 9.65. The van der Waals surface area contributed by atoms with Crippen LogP contribution in [-0.4, -0.2) is 52.6 Å². The highest BCUT2D eigenvalue weighted by atomic mass is 79.9. The molecule has 0 aromatic rings. The number of hydrogen-bond donors (Lipinski definition) is 0. The van der Waals surface area contributed by atoms with Crippen molar-refractivity contribution in [3.63, 3.8) is 0 Å². The normalized spacial score (nSPS) is 29.8. The molecule has 0 bridgehead atoms. The molecular weight excluding hydrogens is 320 g/mol. The van der Waals surface area contributed by atoms with E-state index in [0.717, 1.165) is 37.7 Å². The minimum absolute atomic E-state index is 0.150. The van der Waals surface area contributed by atoms with Gasteiger partial charge in [0.15, 0.2) is 0 Å². The number of piperidine rings is 1. The van der Waals surface area contributed by atoms with Crippen molar-refractivity contribution >= 4 is 27.7 Å². The molecule has 2 aliphatic heterocycles. The van der Waals surface area contributed by atoms with Crippen LogP contribution in [0.2, 0.25) is 0 Å². The summed E-state index contributed by atoms with van der Waals surface area (Å²) in [5.74, 6) is 0.341. The lowest BCUT2D eigenvalue weighted by atomic mass is 9.87. The van der Waals surface area contributed by atoms with Crippen molar-refractivity contribution in [1.29, 1.82) is 0 Å². The number of halogens is 1. The first-order valence-electron chi connectivity index (χ1n) is 7.79. The molecule has 3 rings (SSSR count). The van der Waals surface area contributed by atoms with Crippen LogP contribution in [0.4, 0.5) is 0 Å². The second-order valence-electron chi connectivity index (χ2n) is 6.63. The fraction of sp³-hybridized carbons (Fsp3) is 0.867. The van der Waals surface area contributed by atoms with Crippen LogP contribution in [0.25, 0.3) is 0 Å². The molecule has 1 aliphatic carbocycles. The third-order valence-electron chi connectivity index (χ3n) is 5.22. The molecule has 2 amide bonds. The molecule has 1 saturated carbocycles. The van der Waals surface area contributed by atoms with Crippen LogP contribution in [0.15, 0.2) is 0 Å². The van der Waals surface area contributed by atoms with Crippen molar-refractivity contribution in [2.24, 2.45) is 5.41 Å². The zero-order valence-corrected chi connectivity index (χ0v) is 13.5. The highest BCUT2D eigenvalue weighted by molar-refractivity contribution is 9.09. The zero-order chi connectivity index (χ0) is 14.2. The van der Waals surface area contributed by atoms with Gasteiger partial charge in [-0.2, -0.15) is 0 Å². The number of piperazine rings is 1. The second kappa shape index (κ2) is 5.66. The second-order valence-corrected chi connectivity index (χ2v) is 7.19. The van der Waals surface area contributed by atoms with E-state index < -0.39 is 0 Å². The zero-order valence-electron chi connectivity index (χ0n) is 11.9. The number of alkyl halides is 1. The maximum atomic E-state index is 12.7. The van der Waals surface area contributed by atoms with E-state index in [0.29, 0.717) is 6.54 Å². The lowest BCUT2D eigenvalue weighted by Crippen LogP contribution is -2.62. The Labute approximate surface area is 129 Å². The highest BCUT2D eigenvalue weighted by Gasteiger charge is 2.44. The summed E-state index contributed by atoms with van der Waals surface area (Å²) in [7, 11) is 0. The predicted molar refractivity (Wildman–Crippen MR) is 80.6 cm³/mol. The molecule has 0 radical (unpaired) electrons. The van der Waals surface area contributed by atoms with Gasteiger partial charge in [0.2, 0.25) is 11.8 Å². The topological polar surface area (TPSA) is 40.6 Å². The van der Waals surface area contributed by atoms with Gasteiger partial charge in [-0.3, -0.25) is 9.59 Å². The third kappa shape index (κ3) is 2.49. The predicted octanol–water partition coefficient (Wildman–Crippen LogP) is 2.17. The molecule has 0 N–H and O–H groups in total. The van der Waals surface area contributed by atoms with Crippen molar-refractivity contribution in [3.05, 3.63) is 0 Å². The number of amides is 2. The number of hydrogen-bond acceptors (Lipinski definition) is 2. The van der Waals surface area contributed by atoms with Gasteiger partial charge in [0.05, 0.1) is 6.54 Å². The Morgan fingerprint density at radius 2 is 1.90 bits per heavy atom. The molecule has 0 aromatic heterocycles. The number of rotatable bonds is 3. The van der Waals surface area contributed by atoms with E-state index in [4.69, 9.17) is 0 Å². The summed E-state index contributed by atoms with van der Waals surface area (Å²) in [6, 6.07) is -0.168. The lowest BCUT2D eigenvalue weighted by Gasteiger charge is -2.45. The smallest absolute Gasteiger partial charge is 0.245 e. The van der Waals surface area contributed by atoms with Crippen LogP contribution in [0.5, 0.6) is 0 Å². The van der Waals surface area contributed by atoms with Gasteiger partial charge in [-0.25, -0.2) is 0 Å². The average Bonchev–Trinajstić information content (AvgIpc) is 2.94. The van der Waals surface area contributed by atoms with E-state index in [2.05, 4.69) is 15.9 Å². The SMILES string of the molecule is O=C1C2CCCCN2C(=O)CN1CC1(CBr)CCCC1. The van der Waals surface area contributed by atoms with E-state index in [1.54, 1.807) is 0 Å². The van der Waals surface area contributed by atoms with Gasteiger partial charge in [-0.05, 0) is 37.5 Å². The Bertz CT molecular complexity index is 407. The van der Waals surface area contributed by atoms with Crippen molar-refractivity contribution < 1.29 is 9.59 Å². The van der Waals surface area contributed by atoms with Crippen molar-refractivity contribution in [3.8, 4) is 0 Å². The minimum atomic E-state index is -0.168.